The maximum absolute atomic E-state index is 14.1. The lowest BCUT2D eigenvalue weighted by atomic mass is 10.0. The van der Waals surface area contributed by atoms with Crippen LogP contribution in [0.25, 0.3) is 0 Å². The number of hydrogen-bond donors (Lipinski definition) is 1. The molecule has 2 heterocycles. The van der Waals surface area contributed by atoms with Crippen LogP contribution in [0.15, 0.2) is 24.3 Å². The van der Waals surface area contributed by atoms with Gasteiger partial charge in [0.1, 0.15) is 17.5 Å². The second-order valence-electron chi connectivity index (χ2n) is 5.92. The van der Waals surface area contributed by atoms with Crippen molar-refractivity contribution in [2.75, 3.05) is 18.5 Å². The van der Waals surface area contributed by atoms with E-state index >= 15 is 0 Å². The van der Waals surface area contributed by atoms with Crippen molar-refractivity contribution in [3.63, 3.8) is 0 Å². The Labute approximate surface area is 142 Å². The van der Waals surface area contributed by atoms with E-state index in [-0.39, 0.29) is 18.0 Å². The topological polar surface area (TPSA) is 47.0 Å². The standard InChI is InChI=1S/C17H17F4N3O/c1-10-23-14(12-5-6-25-9-12)7-15(24-10)22-8-11-3-2-4-13(16(11)18)17(19,20)21/h2-4,7,12H,5-6,8-9H2,1H3,(H,22,23,24). The number of aromatic nitrogens is 2. The van der Waals surface area contributed by atoms with E-state index in [1.165, 1.54) is 12.1 Å². The van der Waals surface area contributed by atoms with Crippen LogP contribution >= 0.6 is 0 Å². The molecule has 3 rings (SSSR count). The Balaban J connectivity index is 1.78. The molecule has 1 fully saturated rings. The molecule has 0 aliphatic carbocycles. The van der Waals surface area contributed by atoms with E-state index < -0.39 is 17.6 Å². The van der Waals surface area contributed by atoms with Gasteiger partial charge in [0.25, 0.3) is 0 Å². The van der Waals surface area contributed by atoms with Crippen LogP contribution in [0.3, 0.4) is 0 Å². The third kappa shape index (κ3) is 4.07. The minimum Gasteiger partial charge on any atom is -0.381 e. The van der Waals surface area contributed by atoms with Crippen LogP contribution in [0.5, 0.6) is 0 Å². The number of ether oxygens (including phenoxy) is 1. The number of alkyl halides is 3. The minimum atomic E-state index is -4.72. The molecule has 4 nitrogen and oxygen atoms in total. The van der Waals surface area contributed by atoms with Gasteiger partial charge in [0.05, 0.1) is 17.9 Å². The van der Waals surface area contributed by atoms with Crippen molar-refractivity contribution in [1.29, 1.82) is 0 Å². The Morgan fingerprint density at radius 3 is 2.76 bits per heavy atom. The molecule has 134 valence electrons. The van der Waals surface area contributed by atoms with E-state index in [9.17, 15) is 17.6 Å². The summed E-state index contributed by atoms with van der Waals surface area (Å²) in [5, 5.41) is 2.89. The van der Waals surface area contributed by atoms with Gasteiger partial charge in [0, 0.05) is 30.7 Å². The molecule has 0 saturated carbocycles. The molecule has 2 aromatic rings. The predicted molar refractivity (Wildman–Crippen MR) is 83.7 cm³/mol. The zero-order valence-corrected chi connectivity index (χ0v) is 13.5. The number of nitrogens with one attached hydrogen (secondary N) is 1. The van der Waals surface area contributed by atoms with Crippen molar-refractivity contribution in [2.24, 2.45) is 0 Å². The van der Waals surface area contributed by atoms with Gasteiger partial charge >= 0.3 is 6.18 Å². The van der Waals surface area contributed by atoms with E-state index in [2.05, 4.69) is 15.3 Å². The van der Waals surface area contributed by atoms with Gasteiger partial charge in [0.15, 0.2) is 0 Å². The van der Waals surface area contributed by atoms with Crippen LogP contribution in [0.1, 0.15) is 35.0 Å². The molecule has 1 N–H and O–H groups in total. The summed E-state index contributed by atoms with van der Waals surface area (Å²) in [5.41, 5.74) is -0.525. The number of hydrogen-bond acceptors (Lipinski definition) is 4. The molecule has 8 heteroatoms. The molecule has 0 spiro atoms. The number of anilines is 1. The van der Waals surface area contributed by atoms with Crippen molar-refractivity contribution >= 4 is 5.82 Å². The summed E-state index contributed by atoms with van der Waals surface area (Å²) in [5.74, 6) is -0.104. The third-order valence-corrected chi connectivity index (χ3v) is 4.05. The fourth-order valence-corrected chi connectivity index (χ4v) is 2.78. The summed E-state index contributed by atoms with van der Waals surface area (Å²) in [7, 11) is 0. The monoisotopic (exact) mass is 355 g/mol. The second-order valence-corrected chi connectivity index (χ2v) is 5.92. The van der Waals surface area contributed by atoms with Gasteiger partial charge in [-0.3, -0.25) is 0 Å². The van der Waals surface area contributed by atoms with E-state index in [1.807, 2.05) is 0 Å². The summed E-state index contributed by atoms with van der Waals surface area (Å²) < 4.78 is 57.7. The molecule has 1 unspecified atom stereocenters. The highest BCUT2D eigenvalue weighted by Crippen LogP contribution is 2.32. The van der Waals surface area contributed by atoms with Gasteiger partial charge in [-0.05, 0) is 19.4 Å². The smallest absolute Gasteiger partial charge is 0.381 e. The second kappa shape index (κ2) is 6.95. The van der Waals surface area contributed by atoms with Crippen LogP contribution in [0.4, 0.5) is 23.4 Å². The van der Waals surface area contributed by atoms with E-state index in [1.54, 1.807) is 13.0 Å². The van der Waals surface area contributed by atoms with Crippen molar-refractivity contribution in [2.45, 2.75) is 32.0 Å². The SMILES string of the molecule is Cc1nc(NCc2cccc(C(F)(F)F)c2F)cc(C2CCOC2)n1. The first-order valence-electron chi connectivity index (χ1n) is 7.86. The van der Waals surface area contributed by atoms with Gasteiger partial charge in [-0.15, -0.1) is 0 Å². The number of rotatable bonds is 4. The highest BCUT2D eigenvalue weighted by molar-refractivity contribution is 5.39. The first-order chi connectivity index (χ1) is 11.8. The molecule has 1 aromatic carbocycles. The highest BCUT2D eigenvalue weighted by atomic mass is 19.4. The Hall–Kier alpha value is -2.22. The van der Waals surface area contributed by atoms with Gasteiger partial charge in [0.2, 0.25) is 0 Å². The molecule has 25 heavy (non-hydrogen) atoms. The predicted octanol–water partition coefficient (Wildman–Crippen LogP) is 4.06. The van der Waals surface area contributed by atoms with Gasteiger partial charge in [-0.1, -0.05) is 12.1 Å². The number of nitrogens with zero attached hydrogens (tertiary/aromatic N) is 2. The van der Waals surface area contributed by atoms with Crippen molar-refractivity contribution in [3.8, 4) is 0 Å². The average molecular weight is 355 g/mol. The van der Waals surface area contributed by atoms with Gasteiger partial charge in [-0.2, -0.15) is 13.2 Å². The lowest BCUT2D eigenvalue weighted by Crippen LogP contribution is -2.12. The summed E-state index contributed by atoms with van der Waals surface area (Å²) in [6, 6.07) is 4.97. The van der Waals surface area contributed by atoms with Gasteiger partial charge in [-0.25, -0.2) is 14.4 Å². The number of benzene rings is 1. The van der Waals surface area contributed by atoms with E-state index in [0.717, 1.165) is 18.2 Å². The lowest BCUT2D eigenvalue weighted by molar-refractivity contribution is -0.140. The van der Waals surface area contributed by atoms with Crippen molar-refractivity contribution in [3.05, 3.63) is 52.7 Å². The van der Waals surface area contributed by atoms with E-state index in [4.69, 9.17) is 4.74 Å². The Morgan fingerprint density at radius 2 is 2.08 bits per heavy atom. The summed E-state index contributed by atoms with van der Waals surface area (Å²) in [6.45, 7) is 2.88. The van der Waals surface area contributed by atoms with Gasteiger partial charge < -0.3 is 10.1 Å². The van der Waals surface area contributed by atoms with Crippen LogP contribution in [-0.2, 0) is 17.5 Å². The largest absolute Gasteiger partial charge is 0.419 e. The van der Waals surface area contributed by atoms with Crippen LogP contribution in [-0.4, -0.2) is 23.2 Å². The Bertz CT molecular complexity index is 758. The first-order valence-corrected chi connectivity index (χ1v) is 7.86. The Kier molecular flexibility index (Phi) is 4.89. The van der Waals surface area contributed by atoms with Crippen LogP contribution < -0.4 is 5.32 Å². The van der Waals surface area contributed by atoms with E-state index in [0.29, 0.717) is 24.9 Å². The fraction of sp³-hybridized carbons (Fsp3) is 0.412. The fourth-order valence-electron chi connectivity index (χ4n) is 2.78. The molecular formula is C17H17F4N3O. The zero-order chi connectivity index (χ0) is 18.0. The van der Waals surface area contributed by atoms with Crippen LogP contribution in [0.2, 0.25) is 0 Å². The molecule has 1 aliphatic heterocycles. The summed E-state index contributed by atoms with van der Waals surface area (Å²) in [4.78, 5) is 8.59. The molecule has 1 atom stereocenters. The van der Waals surface area contributed by atoms with Crippen molar-refractivity contribution in [1.82, 2.24) is 9.97 Å². The molecule has 0 radical (unpaired) electrons. The van der Waals surface area contributed by atoms with Crippen molar-refractivity contribution < 1.29 is 22.3 Å². The molecule has 0 bridgehead atoms. The van der Waals surface area contributed by atoms with Crippen LogP contribution in [0, 0.1) is 12.7 Å². The number of halogens is 4. The Morgan fingerprint density at radius 1 is 1.28 bits per heavy atom. The molecule has 1 aromatic heterocycles. The summed E-state index contributed by atoms with van der Waals surface area (Å²) in [6.07, 6.45) is -3.86. The number of aryl methyl sites for hydroxylation is 1. The first kappa shape index (κ1) is 17.6. The quantitative estimate of drug-likeness (QED) is 0.841. The minimum absolute atomic E-state index is 0.0724. The average Bonchev–Trinajstić information content (AvgIpc) is 3.07. The molecule has 1 aliphatic rings. The molecule has 0 amide bonds. The lowest BCUT2D eigenvalue weighted by Gasteiger charge is -2.14. The zero-order valence-electron chi connectivity index (χ0n) is 13.5. The third-order valence-electron chi connectivity index (χ3n) is 4.05. The highest BCUT2D eigenvalue weighted by Gasteiger charge is 2.34. The maximum atomic E-state index is 14.1. The molecular weight excluding hydrogens is 338 g/mol. The summed E-state index contributed by atoms with van der Waals surface area (Å²) >= 11 is 0. The maximum Gasteiger partial charge on any atom is 0.419 e. The molecule has 1 saturated heterocycles. The normalized spacial score (nSPS) is 17.7.